The molecule has 0 bridgehead atoms. The van der Waals surface area contributed by atoms with Gasteiger partial charge < -0.3 is 20.1 Å². The summed E-state index contributed by atoms with van der Waals surface area (Å²) in [6.45, 7) is 4.80. The predicted molar refractivity (Wildman–Crippen MR) is 63.7 cm³/mol. The summed E-state index contributed by atoms with van der Waals surface area (Å²) in [4.78, 5) is 11.6. The van der Waals surface area contributed by atoms with Gasteiger partial charge >= 0.3 is 6.03 Å². The van der Waals surface area contributed by atoms with E-state index in [-0.39, 0.29) is 12.1 Å². The Balaban J connectivity index is 1.63. The van der Waals surface area contributed by atoms with Gasteiger partial charge in [-0.2, -0.15) is 0 Å². The minimum absolute atomic E-state index is 0.0423. The van der Waals surface area contributed by atoms with Crippen molar-refractivity contribution in [2.24, 2.45) is 0 Å². The standard InChI is InChI=1S/C12H22N2O3/c1-12(2)16-8-10(17-12)7-13-11(15)14-9-5-3-4-6-9/h9-10H,3-8H2,1-2H3,(H2,13,14,15). The summed E-state index contributed by atoms with van der Waals surface area (Å²) in [5.41, 5.74) is 0. The first kappa shape index (κ1) is 12.6. The molecule has 0 aromatic heterocycles. The van der Waals surface area contributed by atoms with Gasteiger partial charge in [0.05, 0.1) is 6.61 Å². The van der Waals surface area contributed by atoms with Crippen molar-refractivity contribution < 1.29 is 14.3 Å². The molecule has 0 spiro atoms. The summed E-state index contributed by atoms with van der Waals surface area (Å²) in [6, 6.07) is 0.261. The summed E-state index contributed by atoms with van der Waals surface area (Å²) in [6.07, 6.45) is 4.60. The maximum absolute atomic E-state index is 11.6. The number of amides is 2. The fourth-order valence-corrected chi connectivity index (χ4v) is 2.38. The SMILES string of the molecule is CC1(C)OCC(CNC(=O)NC2CCCC2)O1. The minimum atomic E-state index is -0.520. The molecular weight excluding hydrogens is 220 g/mol. The maximum Gasteiger partial charge on any atom is 0.315 e. The summed E-state index contributed by atoms with van der Waals surface area (Å²) in [5, 5.41) is 5.81. The Morgan fingerprint density at radius 3 is 2.65 bits per heavy atom. The Bertz CT molecular complexity index is 275. The number of ether oxygens (including phenoxy) is 2. The van der Waals surface area contributed by atoms with Crippen LogP contribution >= 0.6 is 0 Å². The predicted octanol–water partition coefficient (Wildman–Crippen LogP) is 1.38. The highest BCUT2D eigenvalue weighted by Crippen LogP contribution is 2.21. The van der Waals surface area contributed by atoms with Crippen LogP contribution in [0.15, 0.2) is 0 Å². The Hall–Kier alpha value is -0.810. The molecule has 1 aliphatic carbocycles. The van der Waals surface area contributed by atoms with Crippen LogP contribution in [0.3, 0.4) is 0 Å². The summed E-state index contributed by atoms with van der Waals surface area (Å²) in [7, 11) is 0. The highest BCUT2D eigenvalue weighted by molar-refractivity contribution is 5.74. The van der Waals surface area contributed by atoms with Crippen molar-refractivity contribution in [2.45, 2.75) is 57.5 Å². The number of hydrogen-bond donors (Lipinski definition) is 2. The van der Waals surface area contributed by atoms with Crippen molar-refractivity contribution in [3.63, 3.8) is 0 Å². The molecule has 98 valence electrons. The van der Waals surface area contributed by atoms with E-state index in [1.165, 1.54) is 12.8 Å². The van der Waals surface area contributed by atoms with Gasteiger partial charge in [0, 0.05) is 12.6 Å². The third kappa shape index (κ3) is 3.85. The van der Waals surface area contributed by atoms with Crippen LogP contribution in [0.25, 0.3) is 0 Å². The lowest BCUT2D eigenvalue weighted by Gasteiger charge is -2.18. The third-order valence-electron chi connectivity index (χ3n) is 3.25. The molecule has 1 saturated carbocycles. The zero-order chi connectivity index (χ0) is 12.3. The van der Waals surface area contributed by atoms with Gasteiger partial charge in [0.25, 0.3) is 0 Å². The lowest BCUT2D eigenvalue weighted by atomic mass is 10.2. The number of nitrogens with one attached hydrogen (secondary N) is 2. The topological polar surface area (TPSA) is 59.6 Å². The van der Waals surface area contributed by atoms with Gasteiger partial charge in [-0.3, -0.25) is 0 Å². The molecule has 1 atom stereocenters. The summed E-state index contributed by atoms with van der Waals surface area (Å²) >= 11 is 0. The van der Waals surface area contributed by atoms with Gasteiger partial charge in [-0.1, -0.05) is 12.8 Å². The minimum Gasteiger partial charge on any atom is -0.348 e. The first-order chi connectivity index (χ1) is 8.05. The van der Waals surface area contributed by atoms with Crippen molar-refractivity contribution >= 4 is 6.03 Å². The molecule has 5 nitrogen and oxygen atoms in total. The van der Waals surface area contributed by atoms with Crippen molar-refractivity contribution in [1.82, 2.24) is 10.6 Å². The van der Waals surface area contributed by atoms with Crippen LogP contribution in [0.4, 0.5) is 4.79 Å². The highest BCUT2D eigenvalue weighted by Gasteiger charge is 2.32. The fourth-order valence-electron chi connectivity index (χ4n) is 2.38. The van der Waals surface area contributed by atoms with Crippen LogP contribution in [-0.4, -0.2) is 37.1 Å². The zero-order valence-electron chi connectivity index (χ0n) is 10.6. The third-order valence-corrected chi connectivity index (χ3v) is 3.25. The molecule has 1 saturated heterocycles. The van der Waals surface area contributed by atoms with E-state index < -0.39 is 5.79 Å². The van der Waals surface area contributed by atoms with Crippen molar-refractivity contribution in [3.05, 3.63) is 0 Å². The quantitative estimate of drug-likeness (QED) is 0.786. The second-order valence-electron chi connectivity index (χ2n) is 5.29. The monoisotopic (exact) mass is 242 g/mol. The molecule has 17 heavy (non-hydrogen) atoms. The smallest absolute Gasteiger partial charge is 0.315 e. The molecule has 1 aliphatic heterocycles. The van der Waals surface area contributed by atoms with Crippen LogP contribution in [0, 0.1) is 0 Å². The molecule has 5 heteroatoms. The molecular formula is C12H22N2O3. The van der Waals surface area contributed by atoms with Crippen molar-refractivity contribution in [3.8, 4) is 0 Å². The second kappa shape index (κ2) is 5.23. The van der Waals surface area contributed by atoms with Gasteiger partial charge in [-0.15, -0.1) is 0 Å². The van der Waals surface area contributed by atoms with E-state index in [4.69, 9.17) is 9.47 Å². The Morgan fingerprint density at radius 2 is 2.06 bits per heavy atom. The van der Waals surface area contributed by atoms with E-state index in [2.05, 4.69) is 10.6 Å². The Labute approximate surface area is 102 Å². The first-order valence-electron chi connectivity index (χ1n) is 6.41. The largest absolute Gasteiger partial charge is 0.348 e. The number of hydrogen-bond acceptors (Lipinski definition) is 3. The Morgan fingerprint density at radius 1 is 1.35 bits per heavy atom. The Kier molecular flexibility index (Phi) is 3.89. The molecule has 0 aromatic carbocycles. The van der Waals surface area contributed by atoms with E-state index >= 15 is 0 Å². The molecule has 2 fully saturated rings. The normalized spacial score (nSPS) is 28.2. The van der Waals surface area contributed by atoms with Gasteiger partial charge in [0.1, 0.15) is 6.10 Å². The van der Waals surface area contributed by atoms with Crippen molar-refractivity contribution in [2.75, 3.05) is 13.2 Å². The zero-order valence-corrected chi connectivity index (χ0v) is 10.6. The van der Waals surface area contributed by atoms with Crippen molar-refractivity contribution in [1.29, 1.82) is 0 Å². The average molecular weight is 242 g/mol. The van der Waals surface area contributed by atoms with E-state index in [1.807, 2.05) is 13.8 Å². The maximum atomic E-state index is 11.6. The molecule has 0 radical (unpaired) electrons. The number of urea groups is 1. The molecule has 2 rings (SSSR count). The van der Waals surface area contributed by atoms with Crippen LogP contribution in [0.2, 0.25) is 0 Å². The van der Waals surface area contributed by atoms with Gasteiger partial charge in [0.15, 0.2) is 5.79 Å². The van der Waals surface area contributed by atoms with Gasteiger partial charge in [-0.05, 0) is 26.7 Å². The number of carbonyl (C=O) groups excluding carboxylic acids is 1. The molecule has 2 aliphatic rings. The average Bonchev–Trinajstić information content (AvgIpc) is 2.85. The molecule has 2 N–H and O–H groups in total. The summed E-state index contributed by atoms with van der Waals surface area (Å²) < 4.78 is 11.0. The van der Waals surface area contributed by atoms with Crippen LogP contribution in [0.5, 0.6) is 0 Å². The summed E-state index contributed by atoms with van der Waals surface area (Å²) in [5.74, 6) is -0.520. The molecule has 2 amide bonds. The van der Waals surface area contributed by atoms with E-state index in [9.17, 15) is 4.79 Å². The van der Waals surface area contributed by atoms with Crippen LogP contribution in [-0.2, 0) is 9.47 Å². The van der Waals surface area contributed by atoms with Crippen LogP contribution in [0.1, 0.15) is 39.5 Å². The van der Waals surface area contributed by atoms with Gasteiger partial charge in [-0.25, -0.2) is 4.79 Å². The van der Waals surface area contributed by atoms with E-state index in [0.29, 0.717) is 19.2 Å². The van der Waals surface area contributed by atoms with Gasteiger partial charge in [0.2, 0.25) is 0 Å². The first-order valence-corrected chi connectivity index (χ1v) is 6.41. The van der Waals surface area contributed by atoms with E-state index in [1.54, 1.807) is 0 Å². The lowest BCUT2D eigenvalue weighted by molar-refractivity contribution is -0.137. The molecule has 1 heterocycles. The van der Waals surface area contributed by atoms with E-state index in [0.717, 1.165) is 12.8 Å². The number of carbonyl (C=O) groups is 1. The second-order valence-corrected chi connectivity index (χ2v) is 5.29. The lowest BCUT2D eigenvalue weighted by Crippen LogP contribution is -2.44. The molecule has 0 aromatic rings. The molecule has 1 unspecified atom stereocenters. The number of rotatable bonds is 3. The van der Waals surface area contributed by atoms with Crippen LogP contribution < -0.4 is 10.6 Å². The highest BCUT2D eigenvalue weighted by atomic mass is 16.7. The fraction of sp³-hybridized carbons (Fsp3) is 0.917.